The summed E-state index contributed by atoms with van der Waals surface area (Å²) in [7, 11) is -3.81. The predicted molar refractivity (Wildman–Crippen MR) is 146 cm³/mol. The van der Waals surface area contributed by atoms with Crippen LogP contribution in [0.1, 0.15) is 43.1 Å². The van der Waals surface area contributed by atoms with Crippen molar-refractivity contribution >= 4 is 15.9 Å². The number of carbonyl (C=O) groups excluding carboxylic acids is 1. The summed E-state index contributed by atoms with van der Waals surface area (Å²) in [6.07, 6.45) is 5.48. The maximum atomic E-state index is 13.0. The van der Waals surface area contributed by atoms with Gasteiger partial charge in [0.05, 0.1) is 23.7 Å². The fourth-order valence-electron chi connectivity index (χ4n) is 4.75. The number of para-hydroxylation sites is 1. The number of rotatable bonds is 9. The Labute approximate surface area is 229 Å². The van der Waals surface area contributed by atoms with Crippen molar-refractivity contribution in [1.82, 2.24) is 29.5 Å². The Bertz CT molecular complexity index is 1450. The molecule has 11 heteroatoms. The molecule has 0 bridgehead atoms. The number of nitrogens with zero attached hydrogens (tertiary/aromatic N) is 5. The summed E-state index contributed by atoms with van der Waals surface area (Å²) in [6.45, 7) is 7.80. The van der Waals surface area contributed by atoms with Crippen LogP contribution in [0, 0.1) is 12.8 Å². The zero-order chi connectivity index (χ0) is 27.6. The van der Waals surface area contributed by atoms with Crippen LogP contribution in [0.2, 0.25) is 0 Å². The second-order valence-corrected chi connectivity index (χ2v) is 12.3. The molecule has 3 heterocycles. The molecule has 2 aliphatic heterocycles. The first-order valence-electron chi connectivity index (χ1n) is 13.1. The molecule has 2 aromatic carbocycles. The van der Waals surface area contributed by atoms with Gasteiger partial charge in [-0.3, -0.25) is 9.10 Å². The highest BCUT2D eigenvalue weighted by atomic mass is 32.2. The number of sulfonamides is 1. The topological polar surface area (TPSA) is 110 Å². The van der Waals surface area contributed by atoms with Crippen molar-refractivity contribution in [3.63, 3.8) is 0 Å². The van der Waals surface area contributed by atoms with Crippen molar-refractivity contribution in [3.05, 3.63) is 83.9 Å². The molecule has 0 saturated heterocycles. The van der Waals surface area contributed by atoms with Gasteiger partial charge in [-0.1, -0.05) is 55.0 Å². The normalized spacial score (nSPS) is 19.3. The maximum Gasteiger partial charge on any atom is 0.264 e. The Balaban J connectivity index is 1.28. The molecule has 3 aromatic rings. The largest absolute Gasteiger partial charge is 0.489 e. The van der Waals surface area contributed by atoms with Crippen LogP contribution in [0.15, 0.2) is 72.0 Å². The van der Waals surface area contributed by atoms with Crippen LogP contribution in [0.3, 0.4) is 0 Å². The molecule has 0 radical (unpaired) electrons. The van der Waals surface area contributed by atoms with Gasteiger partial charge in [-0.15, -0.1) is 5.10 Å². The lowest BCUT2D eigenvalue weighted by Gasteiger charge is -2.32. The molecule has 1 N–H and O–H groups in total. The van der Waals surface area contributed by atoms with Crippen molar-refractivity contribution in [2.24, 2.45) is 5.92 Å². The van der Waals surface area contributed by atoms with E-state index < -0.39 is 10.0 Å². The van der Waals surface area contributed by atoms with E-state index in [0.29, 0.717) is 11.6 Å². The average molecular weight is 551 g/mol. The van der Waals surface area contributed by atoms with Crippen LogP contribution in [-0.2, 0) is 21.4 Å². The molecule has 10 nitrogen and oxygen atoms in total. The Kier molecular flexibility index (Phi) is 7.72. The first-order valence-corrected chi connectivity index (χ1v) is 14.6. The fourth-order valence-corrected chi connectivity index (χ4v) is 6.00. The van der Waals surface area contributed by atoms with E-state index in [9.17, 15) is 13.2 Å². The Morgan fingerprint density at radius 2 is 1.87 bits per heavy atom. The van der Waals surface area contributed by atoms with Crippen LogP contribution < -0.4 is 10.1 Å². The van der Waals surface area contributed by atoms with Crippen molar-refractivity contribution in [2.45, 2.75) is 50.8 Å². The SMILES string of the molecule is Cc1ccc(S(=O)(=O)N2C=CN(Cc3cn([C@@H]4C[C@H](CNCC(C)C)Oc5ccccc54)nn3)C(=O)C2)cc1. The van der Waals surface area contributed by atoms with Gasteiger partial charge in [0.1, 0.15) is 24.1 Å². The number of aryl methyl sites for hydroxylation is 1. The molecule has 0 aliphatic carbocycles. The lowest BCUT2D eigenvalue weighted by molar-refractivity contribution is -0.129. The highest BCUT2D eigenvalue weighted by Gasteiger charge is 2.32. The highest BCUT2D eigenvalue weighted by molar-refractivity contribution is 7.89. The van der Waals surface area contributed by atoms with Crippen molar-refractivity contribution in [3.8, 4) is 5.75 Å². The lowest BCUT2D eigenvalue weighted by Crippen LogP contribution is -2.42. The summed E-state index contributed by atoms with van der Waals surface area (Å²) in [6, 6.07) is 14.5. The number of hydrogen-bond acceptors (Lipinski definition) is 7. The second-order valence-electron chi connectivity index (χ2n) is 10.5. The molecular formula is C28H34N6O4S. The first-order chi connectivity index (χ1) is 18.7. The van der Waals surface area contributed by atoms with Crippen molar-refractivity contribution < 1.29 is 17.9 Å². The maximum absolute atomic E-state index is 13.0. The van der Waals surface area contributed by atoms with E-state index in [-0.39, 0.29) is 36.0 Å². The van der Waals surface area contributed by atoms with Gasteiger partial charge in [-0.05, 0) is 37.6 Å². The average Bonchev–Trinajstić information content (AvgIpc) is 3.38. The molecule has 2 aliphatic rings. The van der Waals surface area contributed by atoms with Crippen LogP contribution in [0.4, 0.5) is 0 Å². The van der Waals surface area contributed by atoms with E-state index in [1.807, 2.05) is 42.1 Å². The summed E-state index contributed by atoms with van der Waals surface area (Å²) < 4.78 is 35.1. The van der Waals surface area contributed by atoms with E-state index in [2.05, 4.69) is 29.5 Å². The third-order valence-corrected chi connectivity index (χ3v) is 8.58. The van der Waals surface area contributed by atoms with Crippen molar-refractivity contribution in [2.75, 3.05) is 19.6 Å². The zero-order valence-electron chi connectivity index (χ0n) is 22.4. The monoisotopic (exact) mass is 550 g/mol. The van der Waals surface area contributed by atoms with E-state index in [1.165, 1.54) is 17.3 Å². The molecule has 1 aromatic heterocycles. The van der Waals surface area contributed by atoms with Gasteiger partial charge in [0.2, 0.25) is 5.91 Å². The molecule has 39 heavy (non-hydrogen) atoms. The van der Waals surface area contributed by atoms with Gasteiger partial charge in [0.15, 0.2) is 0 Å². The number of nitrogens with one attached hydrogen (secondary N) is 1. The van der Waals surface area contributed by atoms with E-state index in [1.54, 1.807) is 24.3 Å². The smallest absolute Gasteiger partial charge is 0.264 e. The van der Waals surface area contributed by atoms with Crippen LogP contribution >= 0.6 is 0 Å². The second kappa shape index (κ2) is 11.2. The van der Waals surface area contributed by atoms with Crippen LogP contribution in [0.5, 0.6) is 5.75 Å². The number of hydrogen-bond donors (Lipinski definition) is 1. The summed E-state index contributed by atoms with van der Waals surface area (Å²) in [5.41, 5.74) is 2.61. The quantitative estimate of drug-likeness (QED) is 0.436. The van der Waals surface area contributed by atoms with E-state index in [0.717, 1.165) is 40.7 Å². The van der Waals surface area contributed by atoms with E-state index >= 15 is 0 Å². The molecule has 5 rings (SSSR count). The molecule has 0 saturated carbocycles. The fraction of sp³-hybridized carbons (Fsp3) is 0.393. The van der Waals surface area contributed by atoms with Crippen molar-refractivity contribution in [1.29, 1.82) is 0 Å². The number of amides is 1. The minimum Gasteiger partial charge on any atom is -0.489 e. The molecule has 0 spiro atoms. The molecule has 2 atom stereocenters. The number of benzene rings is 2. The standard InChI is InChI=1S/C28H34N6O4S/c1-20(2)15-29-16-23-14-26(25-6-4-5-7-27(25)38-23)34-18-22(30-31-34)17-32-12-13-33(19-28(32)35)39(36,37)24-10-8-21(3)9-11-24/h4-13,18,20,23,26,29H,14-17,19H2,1-3H3/t23-,26-/m1/s1. The number of aromatic nitrogens is 3. The summed E-state index contributed by atoms with van der Waals surface area (Å²) in [5, 5.41) is 12.2. The minimum absolute atomic E-state index is 0.00985. The third-order valence-electron chi connectivity index (χ3n) is 6.84. The predicted octanol–water partition coefficient (Wildman–Crippen LogP) is 3.08. The van der Waals surface area contributed by atoms with E-state index in [4.69, 9.17) is 4.74 Å². The molecule has 1 amide bonds. The minimum atomic E-state index is -3.81. The highest BCUT2D eigenvalue weighted by Crippen LogP contribution is 2.36. The summed E-state index contributed by atoms with van der Waals surface area (Å²) in [4.78, 5) is 14.5. The molecule has 206 valence electrons. The number of carbonyl (C=O) groups is 1. The van der Waals surface area contributed by atoms with Gasteiger partial charge >= 0.3 is 0 Å². The van der Waals surface area contributed by atoms with Gasteiger partial charge < -0.3 is 15.0 Å². The lowest BCUT2D eigenvalue weighted by atomic mass is 9.96. The molecule has 0 fully saturated rings. The molecular weight excluding hydrogens is 516 g/mol. The number of ether oxygens (including phenoxy) is 1. The van der Waals surface area contributed by atoms with Crippen LogP contribution in [0.25, 0.3) is 0 Å². The van der Waals surface area contributed by atoms with Gasteiger partial charge in [-0.25, -0.2) is 13.1 Å². The summed E-state index contributed by atoms with van der Waals surface area (Å²) >= 11 is 0. The van der Waals surface area contributed by atoms with Gasteiger partial charge in [-0.2, -0.15) is 0 Å². The van der Waals surface area contributed by atoms with Crippen LogP contribution in [-0.4, -0.2) is 64.3 Å². The van der Waals surface area contributed by atoms with Gasteiger partial charge in [0.25, 0.3) is 10.0 Å². The molecule has 0 unspecified atom stereocenters. The number of fused-ring (bicyclic) bond motifs is 1. The zero-order valence-corrected chi connectivity index (χ0v) is 23.2. The third kappa shape index (κ3) is 5.99. The Morgan fingerprint density at radius 3 is 2.62 bits per heavy atom. The first kappa shape index (κ1) is 26.9. The van der Waals surface area contributed by atoms with Gasteiger partial charge in [0, 0.05) is 30.9 Å². The Morgan fingerprint density at radius 1 is 1.10 bits per heavy atom. The Hall–Kier alpha value is -3.70. The summed E-state index contributed by atoms with van der Waals surface area (Å²) in [5.74, 6) is 1.05.